The molecule has 0 aliphatic carbocycles. The molecular weight excluding hydrogens is 1180 g/mol. The second kappa shape index (κ2) is 24.9. The zero-order valence-electron chi connectivity index (χ0n) is 49.9. The first-order valence-corrected chi connectivity index (χ1v) is 31.2. The summed E-state index contributed by atoms with van der Waals surface area (Å²) in [5.41, 5.74) is 10.4. The summed E-state index contributed by atoms with van der Waals surface area (Å²) in [4.78, 5) is 117. The number of hydrogen-bond donors (Lipinski definition) is 1. The summed E-state index contributed by atoms with van der Waals surface area (Å²) in [6.45, 7) is 14.4. The van der Waals surface area contributed by atoms with E-state index in [1.54, 1.807) is 51.1 Å². The van der Waals surface area contributed by atoms with Gasteiger partial charge < -0.3 is 49.0 Å². The second-order valence-corrected chi connectivity index (χ2v) is 25.8. The van der Waals surface area contributed by atoms with Crippen molar-refractivity contribution in [3.8, 4) is 11.5 Å². The number of amides is 5. The van der Waals surface area contributed by atoms with E-state index in [1.807, 2.05) is 30.6 Å². The van der Waals surface area contributed by atoms with Crippen molar-refractivity contribution >= 4 is 92.4 Å². The van der Waals surface area contributed by atoms with E-state index in [1.165, 1.54) is 9.80 Å². The van der Waals surface area contributed by atoms with Crippen molar-refractivity contribution in [3.05, 3.63) is 116 Å². The van der Waals surface area contributed by atoms with Gasteiger partial charge >= 0.3 is 5.97 Å². The van der Waals surface area contributed by atoms with Gasteiger partial charge in [0, 0.05) is 126 Å². The van der Waals surface area contributed by atoms with E-state index in [4.69, 9.17) is 62.6 Å². The predicted octanol–water partition coefficient (Wildman–Crippen LogP) is 5.94. The Morgan fingerprint density at radius 2 is 1.18 bits per heavy atom. The molecule has 4 aromatic carbocycles. The summed E-state index contributed by atoms with van der Waals surface area (Å²) in [7, 11) is 0. The van der Waals surface area contributed by atoms with Crippen LogP contribution in [0, 0.1) is 0 Å². The van der Waals surface area contributed by atoms with Gasteiger partial charge in [0.25, 0.3) is 17.7 Å². The maximum absolute atomic E-state index is 14.9. The highest BCUT2D eigenvalue weighted by atomic mass is 35.5. The third-order valence-electron chi connectivity index (χ3n) is 17.6. The van der Waals surface area contributed by atoms with Gasteiger partial charge in [-0.3, -0.25) is 38.7 Å². The Labute approximate surface area is 524 Å². The number of piperidine rings is 1. The van der Waals surface area contributed by atoms with E-state index in [0.29, 0.717) is 119 Å². The molecule has 0 saturated carbocycles. The Bertz CT molecular complexity index is 3800. The molecule has 0 radical (unpaired) electrons. The van der Waals surface area contributed by atoms with E-state index in [2.05, 4.69) is 41.7 Å². The summed E-state index contributed by atoms with van der Waals surface area (Å²) in [5.74, 6) is -1.99. The third kappa shape index (κ3) is 12.7. The van der Waals surface area contributed by atoms with Crippen LogP contribution in [-0.2, 0) is 59.6 Å². The highest BCUT2D eigenvalue weighted by Crippen LogP contribution is 2.37. The number of fused-ring (bicyclic) bond motifs is 4. The van der Waals surface area contributed by atoms with Crippen LogP contribution in [0.5, 0.6) is 11.5 Å². The fraction of sp³-hybridized carbons (Fsp3) is 0.469. The lowest BCUT2D eigenvalue weighted by atomic mass is 9.96. The highest BCUT2D eigenvalue weighted by Gasteiger charge is 2.50. The minimum Gasteiger partial charge on any atom is -0.489 e. The smallest absolute Gasteiger partial charge is 0.329 e. The lowest BCUT2D eigenvalue weighted by Crippen LogP contribution is -2.61. The van der Waals surface area contributed by atoms with Crippen molar-refractivity contribution in [3.63, 3.8) is 0 Å². The number of carbonyl (C=O) groups excluding carboxylic acids is 6. The van der Waals surface area contributed by atoms with Gasteiger partial charge in [-0.1, -0.05) is 23.2 Å². The number of primary amides is 1. The average molecular weight is 1250 g/mol. The van der Waals surface area contributed by atoms with Gasteiger partial charge in [-0.25, -0.2) is 24.7 Å². The molecule has 23 nitrogen and oxygen atoms in total. The number of morpholine rings is 2. The molecule has 5 saturated heterocycles. The van der Waals surface area contributed by atoms with Crippen LogP contribution in [0.15, 0.2) is 73.1 Å². The standard InChI is InChI=1S/C64H70Cl2N12O11/c1-64(2,3)89-61(84)53(28-52(57(67)80)77-34-42-27-44(5-7-48(42)59(77)82)88-46-11-13-73(36-46)32-38-23-40-30-69-63(71-56(40)50(66)25-38)75-16-20-86-21-17-75)78-54(79)9-8-51(60(78)83)76-33-41-26-43(4-6-47(41)58(76)81)87-45-10-12-72(35-45)31-37-22-39-29-68-62(70-55(39)49(65)24-37)74-14-18-85-19-15-74/h4-7,22-27,29-30,45-46,51-53H,8-21,28,31-36H2,1-3H3,(H2,67,80)/t45-,46-,51-,52-,53-/m0/s1. The SMILES string of the molecule is CC(C)(C)OC(=O)[C@H](C[C@@H](C(N)=O)N1Cc2cc(O[C@H]3CCN(Cc4cc(Cl)c5nc(N6CCOCC6)ncc5c4)C3)ccc2C1=O)N1C(=O)CC[C@H](N2Cc3cc(O[C@H]4CCN(Cc5cc(Cl)c6nc(N7CCOCC7)ncc6c5)C4)ccc3C2=O)C1=O. The van der Waals surface area contributed by atoms with Gasteiger partial charge in [-0.05, 0) is 123 Å². The topological polar surface area (TPSA) is 249 Å². The molecule has 5 amide bonds. The maximum atomic E-state index is 14.9. The molecule has 466 valence electrons. The number of carbonyl (C=O) groups is 6. The summed E-state index contributed by atoms with van der Waals surface area (Å²) < 4.78 is 29.8. The molecule has 13 rings (SSSR count). The Morgan fingerprint density at radius 1 is 0.663 bits per heavy atom. The molecule has 5 fully saturated rings. The number of ether oxygens (including phenoxy) is 5. The first-order chi connectivity index (χ1) is 42.9. The molecule has 0 bridgehead atoms. The minimum atomic E-state index is -1.69. The lowest BCUT2D eigenvalue weighted by Gasteiger charge is -2.40. The summed E-state index contributed by atoms with van der Waals surface area (Å²) in [6, 6.07) is 14.1. The van der Waals surface area contributed by atoms with Crippen LogP contribution in [-0.4, -0.2) is 195 Å². The molecule has 0 spiro atoms. The number of benzene rings is 4. The van der Waals surface area contributed by atoms with Crippen LogP contribution in [0.2, 0.25) is 10.0 Å². The van der Waals surface area contributed by atoms with E-state index >= 15 is 0 Å². The van der Waals surface area contributed by atoms with Crippen LogP contribution in [0.1, 0.15) is 95.8 Å². The number of nitrogens with zero attached hydrogens (tertiary/aromatic N) is 11. The van der Waals surface area contributed by atoms with Crippen molar-refractivity contribution in [2.45, 2.75) is 115 Å². The monoisotopic (exact) mass is 1250 g/mol. The van der Waals surface area contributed by atoms with E-state index < -0.39 is 65.7 Å². The Hall–Kier alpha value is -7.80. The largest absolute Gasteiger partial charge is 0.489 e. The zero-order chi connectivity index (χ0) is 61.8. The van der Waals surface area contributed by atoms with Crippen molar-refractivity contribution in [1.29, 1.82) is 0 Å². The molecule has 5 atom stereocenters. The van der Waals surface area contributed by atoms with Crippen LogP contribution < -0.4 is 25.0 Å². The van der Waals surface area contributed by atoms with Crippen molar-refractivity contribution in [1.82, 2.24) is 44.4 Å². The number of halogens is 2. The predicted molar refractivity (Wildman–Crippen MR) is 329 cm³/mol. The Morgan fingerprint density at radius 3 is 1.70 bits per heavy atom. The highest BCUT2D eigenvalue weighted by molar-refractivity contribution is 6.35. The molecule has 7 aliphatic heterocycles. The van der Waals surface area contributed by atoms with E-state index in [9.17, 15) is 28.8 Å². The summed E-state index contributed by atoms with van der Waals surface area (Å²) >= 11 is 13.6. The van der Waals surface area contributed by atoms with Crippen LogP contribution >= 0.6 is 23.2 Å². The zero-order valence-corrected chi connectivity index (χ0v) is 51.4. The fourth-order valence-corrected chi connectivity index (χ4v) is 13.9. The van der Waals surface area contributed by atoms with Gasteiger partial charge in [0.15, 0.2) is 0 Å². The molecule has 9 heterocycles. The number of hydrogen-bond acceptors (Lipinski definition) is 19. The number of esters is 1. The second-order valence-electron chi connectivity index (χ2n) is 25.0. The number of likely N-dealkylation sites (tertiary alicyclic amines) is 3. The van der Waals surface area contributed by atoms with Crippen molar-refractivity contribution in [2.75, 3.05) is 88.6 Å². The lowest BCUT2D eigenvalue weighted by molar-refractivity contribution is -0.173. The normalized spacial score (nSPS) is 21.7. The van der Waals surface area contributed by atoms with Gasteiger partial charge in [0.05, 0.1) is 47.5 Å². The summed E-state index contributed by atoms with van der Waals surface area (Å²) in [6.07, 6.45) is 4.09. The van der Waals surface area contributed by atoms with Gasteiger partial charge in [-0.2, -0.15) is 0 Å². The maximum Gasteiger partial charge on any atom is 0.329 e. The third-order valence-corrected chi connectivity index (χ3v) is 18.2. The molecule has 0 unspecified atom stereocenters. The molecule has 2 N–H and O–H groups in total. The number of nitrogens with two attached hydrogens (primary N) is 1. The first-order valence-electron chi connectivity index (χ1n) is 30.5. The minimum absolute atomic E-state index is 0.00423. The van der Waals surface area contributed by atoms with Crippen LogP contribution in [0.4, 0.5) is 11.9 Å². The van der Waals surface area contributed by atoms with Crippen molar-refractivity contribution < 1.29 is 52.5 Å². The molecule has 6 aromatic rings. The van der Waals surface area contributed by atoms with Crippen LogP contribution in [0.25, 0.3) is 21.8 Å². The van der Waals surface area contributed by atoms with Gasteiger partial charge in [0.2, 0.25) is 23.7 Å². The molecule has 7 aliphatic rings. The number of rotatable bonds is 17. The molecule has 2 aromatic heterocycles. The first kappa shape index (κ1) is 60.1. The number of anilines is 2. The number of imide groups is 1. The average Bonchev–Trinajstić information content (AvgIpc) is 1.78. The van der Waals surface area contributed by atoms with Crippen molar-refractivity contribution in [2.24, 2.45) is 5.73 Å². The van der Waals surface area contributed by atoms with E-state index in [-0.39, 0.29) is 38.1 Å². The Kier molecular flexibility index (Phi) is 16.8. The fourth-order valence-electron chi connectivity index (χ4n) is 13.3. The molecule has 25 heteroatoms. The Balaban J connectivity index is 0.641. The van der Waals surface area contributed by atoms with Gasteiger partial charge in [-0.15, -0.1) is 0 Å². The number of aromatic nitrogens is 4. The molecular formula is C64H70Cl2N12O11. The van der Waals surface area contributed by atoms with E-state index in [0.717, 1.165) is 78.9 Å². The summed E-state index contributed by atoms with van der Waals surface area (Å²) in [5, 5.41) is 2.83. The quantitative estimate of drug-likeness (QED) is 0.0819. The van der Waals surface area contributed by atoms with Gasteiger partial charge in [0.1, 0.15) is 47.4 Å². The molecule has 89 heavy (non-hydrogen) atoms. The van der Waals surface area contributed by atoms with Crippen LogP contribution in [0.3, 0.4) is 0 Å².